The number of benzene rings is 1. The average Bonchev–Trinajstić information content (AvgIpc) is 2.83. The van der Waals surface area contributed by atoms with E-state index in [1.807, 2.05) is 26.0 Å². The molecule has 1 aromatic carbocycles. The summed E-state index contributed by atoms with van der Waals surface area (Å²) in [6.07, 6.45) is 4.30. The lowest BCUT2D eigenvalue weighted by Gasteiger charge is -2.34. The summed E-state index contributed by atoms with van der Waals surface area (Å²) in [5, 5.41) is 15.2. The van der Waals surface area contributed by atoms with E-state index in [-0.39, 0.29) is 18.4 Å². The molecule has 0 fully saturated rings. The monoisotopic (exact) mass is 498 g/mol. The molecular weight excluding hydrogens is 456 g/mol. The van der Waals surface area contributed by atoms with E-state index in [4.69, 9.17) is 4.74 Å². The first kappa shape index (κ1) is 30.7. The molecular formula is C28H42N4O4. The van der Waals surface area contributed by atoms with Crippen molar-refractivity contribution in [1.82, 2.24) is 15.5 Å². The topological polar surface area (TPSA) is 112 Å². The van der Waals surface area contributed by atoms with Crippen molar-refractivity contribution in [3.8, 4) is 6.07 Å². The Hall–Kier alpha value is -3.34. The van der Waals surface area contributed by atoms with Crippen LogP contribution in [0.4, 0.5) is 4.79 Å². The number of rotatable bonds is 13. The number of alkyl carbamates (subject to hydrolysis) is 1. The van der Waals surface area contributed by atoms with Crippen LogP contribution in [-0.2, 0) is 14.3 Å². The van der Waals surface area contributed by atoms with Crippen LogP contribution in [0.25, 0.3) is 6.08 Å². The van der Waals surface area contributed by atoms with E-state index in [1.165, 1.54) is 4.90 Å². The van der Waals surface area contributed by atoms with Crippen LogP contribution < -0.4 is 10.6 Å². The fraction of sp³-hybridized carbons (Fsp3) is 0.571. The molecule has 198 valence electrons. The number of amides is 3. The summed E-state index contributed by atoms with van der Waals surface area (Å²) in [6.45, 7) is 15.0. The van der Waals surface area contributed by atoms with Crippen LogP contribution in [0.5, 0.6) is 0 Å². The molecule has 8 nitrogen and oxygen atoms in total. The predicted octanol–water partition coefficient (Wildman–Crippen LogP) is 4.97. The van der Waals surface area contributed by atoms with Gasteiger partial charge in [0.25, 0.3) is 0 Å². The predicted molar refractivity (Wildman–Crippen MR) is 142 cm³/mol. The number of unbranched alkanes of at least 4 members (excludes halogenated alkanes) is 2. The Morgan fingerprint density at radius 3 is 2.47 bits per heavy atom. The second kappa shape index (κ2) is 14.9. The molecule has 0 heterocycles. The van der Waals surface area contributed by atoms with E-state index in [1.54, 1.807) is 45.0 Å². The summed E-state index contributed by atoms with van der Waals surface area (Å²) < 4.78 is 5.38. The van der Waals surface area contributed by atoms with Gasteiger partial charge in [-0.1, -0.05) is 70.9 Å². The van der Waals surface area contributed by atoms with Gasteiger partial charge in [-0.3, -0.25) is 9.59 Å². The van der Waals surface area contributed by atoms with Crippen LogP contribution in [0, 0.1) is 17.2 Å². The van der Waals surface area contributed by atoms with Gasteiger partial charge in [-0.05, 0) is 50.3 Å². The first-order valence-corrected chi connectivity index (χ1v) is 12.7. The standard InChI is InChI=1S/C28H42N4O4/c1-8-11-12-17-30-25(33)24(22-15-13-14-21(10-3)19-22)32(18-16-29)26(34)23(20(4)9-2)31-27(35)36-28(5,6)7/h10,13-15,19-20,23-24H,3,8-9,11-12,17-18H2,1-2,4-7H3,(H,30,33)(H,31,35). The highest BCUT2D eigenvalue weighted by Gasteiger charge is 2.38. The van der Waals surface area contributed by atoms with Crippen molar-refractivity contribution in [3.63, 3.8) is 0 Å². The summed E-state index contributed by atoms with van der Waals surface area (Å²) in [4.78, 5) is 41.2. The molecule has 3 atom stereocenters. The third-order valence-corrected chi connectivity index (χ3v) is 5.78. The lowest BCUT2D eigenvalue weighted by Crippen LogP contribution is -2.55. The van der Waals surface area contributed by atoms with E-state index in [2.05, 4.69) is 24.1 Å². The second-order valence-corrected chi connectivity index (χ2v) is 9.91. The molecule has 3 unspecified atom stereocenters. The minimum atomic E-state index is -1.05. The average molecular weight is 499 g/mol. The zero-order valence-corrected chi connectivity index (χ0v) is 22.6. The van der Waals surface area contributed by atoms with Crippen molar-refractivity contribution in [2.75, 3.05) is 13.1 Å². The van der Waals surface area contributed by atoms with Gasteiger partial charge in [0, 0.05) is 6.54 Å². The number of ether oxygens (including phenoxy) is 1. The van der Waals surface area contributed by atoms with E-state index in [0.29, 0.717) is 18.5 Å². The second-order valence-electron chi connectivity index (χ2n) is 9.91. The van der Waals surface area contributed by atoms with E-state index < -0.39 is 29.7 Å². The number of hydrogen-bond donors (Lipinski definition) is 2. The molecule has 0 aliphatic heterocycles. The first-order chi connectivity index (χ1) is 17.0. The number of nitriles is 1. The van der Waals surface area contributed by atoms with Gasteiger partial charge in [-0.2, -0.15) is 5.26 Å². The highest BCUT2D eigenvalue weighted by Crippen LogP contribution is 2.25. The maximum atomic E-state index is 13.9. The maximum absolute atomic E-state index is 13.9. The molecule has 2 N–H and O–H groups in total. The van der Waals surface area contributed by atoms with Gasteiger partial charge >= 0.3 is 6.09 Å². The van der Waals surface area contributed by atoms with Crippen LogP contribution in [0.15, 0.2) is 30.8 Å². The zero-order chi connectivity index (χ0) is 27.3. The van der Waals surface area contributed by atoms with Gasteiger partial charge in [0.15, 0.2) is 0 Å². The number of hydrogen-bond acceptors (Lipinski definition) is 5. The van der Waals surface area contributed by atoms with Gasteiger partial charge in [-0.15, -0.1) is 0 Å². The van der Waals surface area contributed by atoms with Crippen molar-refractivity contribution in [2.45, 2.75) is 84.9 Å². The molecule has 3 amide bonds. The molecule has 0 aromatic heterocycles. The fourth-order valence-corrected chi connectivity index (χ4v) is 3.68. The Kier molecular flexibility index (Phi) is 12.7. The molecule has 0 spiro atoms. The Morgan fingerprint density at radius 1 is 1.22 bits per heavy atom. The van der Waals surface area contributed by atoms with Crippen molar-refractivity contribution < 1.29 is 19.1 Å². The zero-order valence-electron chi connectivity index (χ0n) is 22.6. The number of carbonyl (C=O) groups is 3. The van der Waals surface area contributed by atoms with Crippen molar-refractivity contribution >= 4 is 24.0 Å². The molecule has 1 aromatic rings. The number of nitrogens with one attached hydrogen (secondary N) is 2. The Labute approximate surface area is 216 Å². The van der Waals surface area contributed by atoms with Crippen LogP contribution in [0.3, 0.4) is 0 Å². The van der Waals surface area contributed by atoms with Gasteiger partial charge in [0.05, 0.1) is 6.07 Å². The Balaban J connectivity index is 3.44. The summed E-state index contributed by atoms with van der Waals surface area (Å²) in [5.74, 6) is -1.16. The number of nitrogens with zero attached hydrogens (tertiary/aromatic N) is 2. The van der Waals surface area contributed by atoms with Crippen LogP contribution in [0.1, 0.15) is 84.4 Å². The molecule has 0 aliphatic carbocycles. The van der Waals surface area contributed by atoms with Gasteiger partial charge in [0.2, 0.25) is 11.8 Å². The summed E-state index contributed by atoms with van der Waals surface area (Å²) >= 11 is 0. The number of carbonyl (C=O) groups excluding carboxylic acids is 3. The van der Waals surface area contributed by atoms with Crippen molar-refractivity contribution in [1.29, 1.82) is 5.26 Å². The summed E-state index contributed by atoms with van der Waals surface area (Å²) in [5.41, 5.74) is 0.598. The normalized spacial score (nSPS) is 13.5. The van der Waals surface area contributed by atoms with E-state index >= 15 is 0 Å². The van der Waals surface area contributed by atoms with Crippen molar-refractivity contribution in [3.05, 3.63) is 42.0 Å². The van der Waals surface area contributed by atoms with Crippen LogP contribution in [0.2, 0.25) is 0 Å². The minimum absolute atomic E-state index is 0.265. The third kappa shape index (κ3) is 9.73. The van der Waals surface area contributed by atoms with Crippen LogP contribution >= 0.6 is 0 Å². The molecule has 0 radical (unpaired) electrons. The molecule has 0 aliphatic rings. The largest absolute Gasteiger partial charge is 0.444 e. The molecule has 36 heavy (non-hydrogen) atoms. The van der Waals surface area contributed by atoms with E-state index in [0.717, 1.165) is 24.8 Å². The van der Waals surface area contributed by atoms with Crippen LogP contribution in [-0.4, -0.2) is 47.5 Å². The quantitative estimate of drug-likeness (QED) is 0.295. The highest BCUT2D eigenvalue weighted by atomic mass is 16.6. The van der Waals surface area contributed by atoms with Gasteiger partial charge in [-0.25, -0.2) is 4.79 Å². The minimum Gasteiger partial charge on any atom is -0.444 e. The lowest BCUT2D eigenvalue weighted by atomic mass is 9.95. The van der Waals surface area contributed by atoms with Gasteiger partial charge in [0.1, 0.15) is 24.2 Å². The molecule has 0 saturated carbocycles. The molecule has 1 rings (SSSR count). The third-order valence-electron chi connectivity index (χ3n) is 5.78. The van der Waals surface area contributed by atoms with Crippen molar-refractivity contribution in [2.24, 2.45) is 5.92 Å². The maximum Gasteiger partial charge on any atom is 0.408 e. The molecule has 8 heteroatoms. The molecule has 0 bridgehead atoms. The first-order valence-electron chi connectivity index (χ1n) is 12.7. The lowest BCUT2D eigenvalue weighted by molar-refractivity contribution is -0.142. The smallest absolute Gasteiger partial charge is 0.408 e. The van der Waals surface area contributed by atoms with E-state index in [9.17, 15) is 19.6 Å². The highest BCUT2D eigenvalue weighted by molar-refractivity contribution is 5.92. The summed E-state index contributed by atoms with van der Waals surface area (Å²) in [7, 11) is 0. The molecule has 0 saturated heterocycles. The Bertz CT molecular complexity index is 932. The Morgan fingerprint density at radius 2 is 1.92 bits per heavy atom. The fourth-order valence-electron chi connectivity index (χ4n) is 3.68. The summed E-state index contributed by atoms with van der Waals surface area (Å²) in [6, 6.07) is 7.15. The van der Waals surface area contributed by atoms with Gasteiger partial charge < -0.3 is 20.3 Å². The SMILES string of the molecule is C=Cc1cccc(C(C(=O)NCCCCC)N(CC#N)C(=O)C(NC(=O)OC(C)(C)C)C(C)CC)c1.